The predicted molar refractivity (Wildman–Crippen MR) is 120 cm³/mol. The largest absolute Gasteiger partial charge is 0.484 e. The first-order chi connectivity index (χ1) is 14.7. The summed E-state index contributed by atoms with van der Waals surface area (Å²) in [6, 6.07) is 14.3. The third-order valence-corrected chi connectivity index (χ3v) is 5.72. The zero-order valence-corrected chi connectivity index (χ0v) is 18.4. The number of hydrogen-bond donors (Lipinski definition) is 2. The first-order valence-corrected chi connectivity index (χ1v) is 12.0. The highest BCUT2D eigenvalue weighted by Crippen LogP contribution is 2.24. The average molecular weight is 446 g/mol. The zero-order chi connectivity index (χ0) is 22.4. The molecule has 2 N–H and O–H groups in total. The van der Waals surface area contributed by atoms with Gasteiger partial charge in [-0.3, -0.25) is 14.3 Å². The van der Waals surface area contributed by atoms with Crippen molar-refractivity contribution in [3.05, 3.63) is 54.1 Å². The summed E-state index contributed by atoms with van der Waals surface area (Å²) in [5.74, 6) is 0.194. The van der Waals surface area contributed by atoms with Crippen molar-refractivity contribution in [2.75, 3.05) is 36.0 Å². The SMILES string of the molecule is Cc1ccc(NC(=O)C2CCN(C(=O)COc3ccccc3)CC2)cc1NS(C)(=O)=O. The molecule has 1 heterocycles. The van der Waals surface area contributed by atoms with Crippen LogP contribution in [0.1, 0.15) is 18.4 Å². The van der Waals surface area contributed by atoms with Crippen molar-refractivity contribution in [2.24, 2.45) is 5.92 Å². The smallest absolute Gasteiger partial charge is 0.260 e. The van der Waals surface area contributed by atoms with E-state index in [1.807, 2.05) is 18.2 Å². The number of carbonyl (C=O) groups excluding carboxylic acids is 2. The molecule has 0 bridgehead atoms. The Bertz CT molecular complexity index is 1030. The van der Waals surface area contributed by atoms with Gasteiger partial charge < -0.3 is 15.0 Å². The maximum absolute atomic E-state index is 12.7. The molecule has 3 rings (SSSR count). The number of para-hydroxylation sites is 1. The summed E-state index contributed by atoms with van der Waals surface area (Å²) in [7, 11) is -3.41. The van der Waals surface area contributed by atoms with Gasteiger partial charge in [0.2, 0.25) is 15.9 Å². The first kappa shape index (κ1) is 22.6. The molecular formula is C22H27N3O5S. The number of nitrogens with one attached hydrogen (secondary N) is 2. The van der Waals surface area contributed by atoms with Crippen molar-refractivity contribution in [1.29, 1.82) is 0 Å². The van der Waals surface area contributed by atoms with Crippen LogP contribution in [-0.4, -0.2) is 51.1 Å². The highest BCUT2D eigenvalue weighted by atomic mass is 32.2. The minimum Gasteiger partial charge on any atom is -0.484 e. The molecule has 0 aliphatic carbocycles. The minimum atomic E-state index is -3.41. The van der Waals surface area contributed by atoms with Crippen LogP contribution in [0.3, 0.4) is 0 Å². The topological polar surface area (TPSA) is 105 Å². The summed E-state index contributed by atoms with van der Waals surface area (Å²) in [5, 5.41) is 2.85. The molecule has 1 aliphatic rings. The van der Waals surface area contributed by atoms with Crippen LogP contribution in [0.25, 0.3) is 0 Å². The van der Waals surface area contributed by atoms with Crippen molar-refractivity contribution in [3.8, 4) is 5.75 Å². The van der Waals surface area contributed by atoms with Crippen LogP contribution in [0, 0.1) is 12.8 Å². The molecule has 9 heteroatoms. The molecular weight excluding hydrogens is 418 g/mol. The minimum absolute atomic E-state index is 0.0274. The Hall–Kier alpha value is -3.07. The molecule has 2 aromatic rings. The molecule has 2 aromatic carbocycles. The Balaban J connectivity index is 1.50. The molecule has 0 spiro atoms. The van der Waals surface area contributed by atoms with Crippen LogP contribution in [-0.2, 0) is 19.6 Å². The molecule has 1 fully saturated rings. The summed E-state index contributed by atoms with van der Waals surface area (Å²) in [6.07, 6.45) is 2.20. The lowest BCUT2D eigenvalue weighted by atomic mass is 9.95. The molecule has 0 atom stereocenters. The Labute approximate surface area is 182 Å². The Kier molecular flexibility index (Phi) is 7.17. The standard InChI is InChI=1S/C22H27N3O5S/c1-16-8-9-18(14-20(16)24-31(2,28)29)23-22(27)17-10-12-25(13-11-17)21(26)15-30-19-6-4-3-5-7-19/h3-9,14,17,24H,10-13,15H2,1-2H3,(H,23,27). The number of carbonyl (C=O) groups is 2. The molecule has 8 nitrogen and oxygen atoms in total. The van der Waals surface area contributed by atoms with E-state index in [-0.39, 0.29) is 24.3 Å². The van der Waals surface area contributed by atoms with Crippen molar-refractivity contribution in [2.45, 2.75) is 19.8 Å². The van der Waals surface area contributed by atoms with Crippen molar-refractivity contribution in [3.63, 3.8) is 0 Å². The van der Waals surface area contributed by atoms with Gasteiger partial charge in [0.05, 0.1) is 11.9 Å². The summed E-state index contributed by atoms with van der Waals surface area (Å²) in [4.78, 5) is 26.7. The summed E-state index contributed by atoms with van der Waals surface area (Å²) in [5.41, 5.74) is 1.71. The molecule has 2 amide bonds. The number of nitrogens with zero attached hydrogens (tertiary/aromatic N) is 1. The Morgan fingerprint density at radius 3 is 2.42 bits per heavy atom. The number of ether oxygens (including phenoxy) is 1. The number of aryl methyl sites for hydroxylation is 1. The molecule has 0 saturated carbocycles. The van der Waals surface area contributed by atoms with Crippen molar-refractivity contribution >= 4 is 33.2 Å². The van der Waals surface area contributed by atoms with Gasteiger partial charge in [-0.25, -0.2) is 8.42 Å². The number of piperidine rings is 1. The van der Waals surface area contributed by atoms with E-state index in [1.54, 1.807) is 42.2 Å². The maximum atomic E-state index is 12.7. The number of sulfonamides is 1. The number of anilines is 2. The molecule has 0 aromatic heterocycles. The van der Waals surface area contributed by atoms with E-state index in [0.717, 1.165) is 11.8 Å². The summed E-state index contributed by atoms with van der Waals surface area (Å²) >= 11 is 0. The highest BCUT2D eigenvalue weighted by Gasteiger charge is 2.27. The molecule has 166 valence electrons. The number of rotatable bonds is 7. The van der Waals surface area contributed by atoms with E-state index >= 15 is 0 Å². The second-order valence-corrected chi connectivity index (χ2v) is 9.40. The molecule has 0 unspecified atom stereocenters. The number of amides is 2. The van der Waals surface area contributed by atoms with E-state index in [0.29, 0.717) is 43.1 Å². The van der Waals surface area contributed by atoms with Crippen LogP contribution in [0.4, 0.5) is 11.4 Å². The van der Waals surface area contributed by atoms with Crippen LogP contribution >= 0.6 is 0 Å². The lowest BCUT2D eigenvalue weighted by Crippen LogP contribution is -2.43. The molecule has 1 aliphatic heterocycles. The maximum Gasteiger partial charge on any atom is 0.260 e. The number of hydrogen-bond acceptors (Lipinski definition) is 5. The van der Waals surface area contributed by atoms with Gasteiger partial charge in [-0.05, 0) is 49.6 Å². The second kappa shape index (κ2) is 9.82. The van der Waals surface area contributed by atoms with E-state index < -0.39 is 10.0 Å². The second-order valence-electron chi connectivity index (χ2n) is 7.65. The van der Waals surface area contributed by atoms with Crippen molar-refractivity contribution in [1.82, 2.24) is 4.90 Å². The fourth-order valence-electron chi connectivity index (χ4n) is 3.40. The van der Waals surface area contributed by atoms with E-state index in [4.69, 9.17) is 4.74 Å². The lowest BCUT2D eigenvalue weighted by molar-refractivity contribution is -0.136. The van der Waals surface area contributed by atoms with Gasteiger partial charge >= 0.3 is 0 Å². The van der Waals surface area contributed by atoms with Gasteiger partial charge in [0, 0.05) is 24.7 Å². The van der Waals surface area contributed by atoms with E-state index in [2.05, 4.69) is 10.0 Å². The van der Waals surface area contributed by atoms with Gasteiger partial charge in [-0.15, -0.1) is 0 Å². The van der Waals surface area contributed by atoms with Gasteiger partial charge in [-0.1, -0.05) is 24.3 Å². The quantitative estimate of drug-likeness (QED) is 0.682. The van der Waals surface area contributed by atoms with Crippen LogP contribution in [0.15, 0.2) is 48.5 Å². The summed E-state index contributed by atoms with van der Waals surface area (Å²) in [6.45, 7) is 2.74. The molecule has 0 radical (unpaired) electrons. The van der Waals surface area contributed by atoms with Gasteiger partial charge in [0.1, 0.15) is 5.75 Å². The van der Waals surface area contributed by atoms with Crippen LogP contribution < -0.4 is 14.8 Å². The molecule has 1 saturated heterocycles. The first-order valence-electron chi connectivity index (χ1n) is 10.1. The number of likely N-dealkylation sites (tertiary alicyclic amines) is 1. The Morgan fingerprint density at radius 2 is 1.77 bits per heavy atom. The van der Waals surface area contributed by atoms with Gasteiger partial charge in [0.15, 0.2) is 6.61 Å². The monoisotopic (exact) mass is 445 g/mol. The zero-order valence-electron chi connectivity index (χ0n) is 17.6. The van der Waals surface area contributed by atoms with E-state index in [9.17, 15) is 18.0 Å². The van der Waals surface area contributed by atoms with Gasteiger partial charge in [0.25, 0.3) is 5.91 Å². The van der Waals surface area contributed by atoms with Crippen LogP contribution in [0.5, 0.6) is 5.75 Å². The fraction of sp³-hybridized carbons (Fsp3) is 0.364. The van der Waals surface area contributed by atoms with Crippen LogP contribution in [0.2, 0.25) is 0 Å². The fourth-order valence-corrected chi connectivity index (χ4v) is 4.02. The number of benzene rings is 2. The van der Waals surface area contributed by atoms with E-state index in [1.165, 1.54) is 0 Å². The highest BCUT2D eigenvalue weighted by molar-refractivity contribution is 7.92. The third-order valence-electron chi connectivity index (χ3n) is 5.12. The Morgan fingerprint density at radius 1 is 1.10 bits per heavy atom. The molecule has 31 heavy (non-hydrogen) atoms. The summed E-state index contributed by atoms with van der Waals surface area (Å²) < 4.78 is 31.0. The normalized spacial score (nSPS) is 14.7. The average Bonchev–Trinajstić information content (AvgIpc) is 2.74. The van der Waals surface area contributed by atoms with Gasteiger partial charge in [-0.2, -0.15) is 0 Å². The predicted octanol–water partition coefficient (Wildman–Crippen LogP) is 2.62. The lowest BCUT2D eigenvalue weighted by Gasteiger charge is -2.31. The third kappa shape index (κ3) is 6.71. The van der Waals surface area contributed by atoms with Crippen molar-refractivity contribution < 1.29 is 22.7 Å².